The highest BCUT2D eigenvalue weighted by molar-refractivity contribution is 5.13. The predicted octanol–water partition coefficient (Wildman–Crippen LogP) is 3.39. The highest BCUT2D eigenvalue weighted by Gasteiger charge is 2.60. The maximum atomic E-state index is 4.40. The van der Waals surface area contributed by atoms with Crippen molar-refractivity contribution in [2.75, 3.05) is 0 Å². The summed E-state index contributed by atoms with van der Waals surface area (Å²) >= 11 is 0. The largest absolute Gasteiger partial charge is 0.308 e. The Morgan fingerprint density at radius 3 is 2.72 bits per heavy atom. The van der Waals surface area contributed by atoms with Gasteiger partial charge in [-0.05, 0) is 48.1 Å². The quantitative estimate of drug-likeness (QED) is 0.881. The first-order valence-corrected chi connectivity index (χ1v) is 7.17. The standard InChI is InChI=1S/C16H24N2/c1-15(2)12-7-8-16(15,3)14(10-12)18-11-13-6-4-5-9-17-13/h4-6,9,12,14,18H,7-8,10-11H2,1-3H3/t12-,14-,16+/m0/s1. The van der Waals surface area contributed by atoms with E-state index in [4.69, 9.17) is 0 Å². The Balaban J connectivity index is 1.69. The monoisotopic (exact) mass is 244 g/mol. The van der Waals surface area contributed by atoms with Crippen molar-refractivity contribution in [2.45, 2.75) is 52.6 Å². The summed E-state index contributed by atoms with van der Waals surface area (Å²) in [5.41, 5.74) is 2.11. The van der Waals surface area contributed by atoms with Crippen LogP contribution in [0.4, 0.5) is 0 Å². The van der Waals surface area contributed by atoms with Gasteiger partial charge in [-0.1, -0.05) is 26.8 Å². The molecule has 2 saturated carbocycles. The van der Waals surface area contributed by atoms with Crippen molar-refractivity contribution in [1.29, 1.82) is 0 Å². The molecule has 0 spiro atoms. The lowest BCUT2D eigenvalue weighted by Gasteiger charge is -2.39. The van der Waals surface area contributed by atoms with E-state index in [9.17, 15) is 0 Å². The summed E-state index contributed by atoms with van der Waals surface area (Å²) < 4.78 is 0. The molecule has 3 atom stereocenters. The molecule has 2 aliphatic rings. The molecule has 0 aliphatic heterocycles. The minimum Gasteiger partial charge on any atom is -0.308 e. The van der Waals surface area contributed by atoms with Gasteiger partial charge in [-0.25, -0.2) is 0 Å². The molecule has 0 saturated heterocycles. The van der Waals surface area contributed by atoms with E-state index in [1.54, 1.807) is 0 Å². The average molecular weight is 244 g/mol. The number of fused-ring (bicyclic) bond motifs is 2. The summed E-state index contributed by atoms with van der Waals surface area (Å²) in [6, 6.07) is 6.81. The summed E-state index contributed by atoms with van der Waals surface area (Å²) in [7, 11) is 0. The number of nitrogens with one attached hydrogen (secondary N) is 1. The van der Waals surface area contributed by atoms with E-state index < -0.39 is 0 Å². The number of aromatic nitrogens is 1. The molecule has 2 nitrogen and oxygen atoms in total. The molecule has 3 rings (SSSR count). The van der Waals surface area contributed by atoms with Gasteiger partial charge in [-0.2, -0.15) is 0 Å². The van der Waals surface area contributed by atoms with Crippen molar-refractivity contribution in [3.63, 3.8) is 0 Å². The van der Waals surface area contributed by atoms with Gasteiger partial charge < -0.3 is 5.32 Å². The van der Waals surface area contributed by atoms with Crippen LogP contribution < -0.4 is 5.32 Å². The molecule has 0 aromatic carbocycles. The first kappa shape index (κ1) is 12.2. The number of nitrogens with zero attached hydrogens (tertiary/aromatic N) is 1. The number of hydrogen-bond acceptors (Lipinski definition) is 2. The van der Waals surface area contributed by atoms with Gasteiger partial charge in [-0.15, -0.1) is 0 Å². The summed E-state index contributed by atoms with van der Waals surface area (Å²) in [6.07, 6.45) is 6.02. The lowest BCUT2D eigenvalue weighted by Crippen LogP contribution is -2.44. The van der Waals surface area contributed by atoms with Gasteiger partial charge in [0.25, 0.3) is 0 Å². The molecule has 2 fully saturated rings. The highest BCUT2D eigenvalue weighted by Crippen LogP contribution is 2.65. The van der Waals surface area contributed by atoms with E-state index in [0.717, 1.165) is 18.2 Å². The zero-order chi connectivity index (χ0) is 12.8. The molecule has 1 aromatic heterocycles. The fraction of sp³-hybridized carbons (Fsp3) is 0.688. The second-order valence-corrected chi connectivity index (χ2v) is 6.87. The molecular weight excluding hydrogens is 220 g/mol. The molecule has 2 heteroatoms. The third kappa shape index (κ3) is 1.62. The van der Waals surface area contributed by atoms with Crippen LogP contribution in [0.2, 0.25) is 0 Å². The molecule has 1 N–H and O–H groups in total. The Hall–Kier alpha value is -0.890. The minimum atomic E-state index is 0.465. The van der Waals surface area contributed by atoms with Crippen molar-refractivity contribution in [3.8, 4) is 0 Å². The zero-order valence-corrected chi connectivity index (χ0v) is 11.7. The molecule has 98 valence electrons. The number of pyridine rings is 1. The van der Waals surface area contributed by atoms with E-state index in [1.807, 2.05) is 12.3 Å². The lowest BCUT2D eigenvalue weighted by molar-refractivity contribution is 0.120. The molecule has 18 heavy (non-hydrogen) atoms. The van der Waals surface area contributed by atoms with Crippen molar-refractivity contribution in [1.82, 2.24) is 10.3 Å². The fourth-order valence-electron chi connectivity index (χ4n) is 4.24. The zero-order valence-electron chi connectivity index (χ0n) is 11.7. The number of rotatable bonds is 3. The Morgan fingerprint density at radius 2 is 2.17 bits per heavy atom. The fourth-order valence-corrected chi connectivity index (χ4v) is 4.24. The van der Waals surface area contributed by atoms with Gasteiger partial charge in [0.15, 0.2) is 0 Å². The smallest absolute Gasteiger partial charge is 0.0541 e. The van der Waals surface area contributed by atoms with Crippen LogP contribution in [0.1, 0.15) is 45.7 Å². The van der Waals surface area contributed by atoms with Crippen LogP contribution in [0, 0.1) is 16.7 Å². The summed E-state index contributed by atoms with van der Waals surface area (Å²) in [5, 5.41) is 3.76. The highest BCUT2D eigenvalue weighted by atomic mass is 15.0. The molecule has 0 radical (unpaired) electrons. The van der Waals surface area contributed by atoms with Gasteiger partial charge in [-0.3, -0.25) is 4.98 Å². The predicted molar refractivity (Wildman–Crippen MR) is 74.1 cm³/mol. The van der Waals surface area contributed by atoms with Gasteiger partial charge in [0.05, 0.1) is 5.69 Å². The van der Waals surface area contributed by atoms with Crippen molar-refractivity contribution in [3.05, 3.63) is 30.1 Å². The summed E-state index contributed by atoms with van der Waals surface area (Å²) in [4.78, 5) is 4.40. The Labute approximate surface area is 110 Å². The molecule has 0 amide bonds. The first-order valence-electron chi connectivity index (χ1n) is 7.17. The van der Waals surface area contributed by atoms with Crippen LogP contribution in [0.3, 0.4) is 0 Å². The molecule has 2 aliphatic carbocycles. The maximum absolute atomic E-state index is 4.40. The maximum Gasteiger partial charge on any atom is 0.0541 e. The molecule has 0 unspecified atom stereocenters. The molecule has 1 heterocycles. The Kier molecular flexibility index (Phi) is 2.74. The van der Waals surface area contributed by atoms with Crippen LogP contribution in [-0.4, -0.2) is 11.0 Å². The Bertz CT molecular complexity index is 426. The van der Waals surface area contributed by atoms with E-state index in [1.165, 1.54) is 19.3 Å². The minimum absolute atomic E-state index is 0.465. The third-order valence-electron chi connectivity index (χ3n) is 6.05. The topological polar surface area (TPSA) is 24.9 Å². The molecule has 1 aromatic rings. The van der Waals surface area contributed by atoms with Gasteiger partial charge in [0, 0.05) is 18.8 Å². The SMILES string of the molecule is CC1(C)[C@H]2CC[C@]1(C)[C@@H](NCc1ccccn1)C2. The molecular formula is C16H24N2. The van der Waals surface area contributed by atoms with E-state index in [0.29, 0.717) is 16.9 Å². The Morgan fingerprint density at radius 1 is 1.33 bits per heavy atom. The van der Waals surface area contributed by atoms with Gasteiger partial charge >= 0.3 is 0 Å². The van der Waals surface area contributed by atoms with Crippen LogP contribution in [0.15, 0.2) is 24.4 Å². The van der Waals surface area contributed by atoms with Crippen LogP contribution in [0.5, 0.6) is 0 Å². The van der Waals surface area contributed by atoms with Crippen molar-refractivity contribution < 1.29 is 0 Å². The average Bonchev–Trinajstić information content (AvgIpc) is 2.70. The van der Waals surface area contributed by atoms with Crippen LogP contribution in [-0.2, 0) is 6.54 Å². The summed E-state index contributed by atoms with van der Waals surface area (Å²) in [6.45, 7) is 8.32. The van der Waals surface area contributed by atoms with Crippen LogP contribution in [0.25, 0.3) is 0 Å². The molecule has 2 bridgehead atoms. The van der Waals surface area contributed by atoms with E-state index in [-0.39, 0.29) is 0 Å². The first-order chi connectivity index (χ1) is 8.54. The van der Waals surface area contributed by atoms with Gasteiger partial charge in [0.1, 0.15) is 0 Å². The van der Waals surface area contributed by atoms with E-state index in [2.05, 4.69) is 43.2 Å². The summed E-state index contributed by atoms with van der Waals surface area (Å²) in [5.74, 6) is 0.906. The second kappa shape index (κ2) is 4.06. The van der Waals surface area contributed by atoms with Gasteiger partial charge in [0.2, 0.25) is 0 Å². The normalized spacial score (nSPS) is 37.1. The van der Waals surface area contributed by atoms with E-state index >= 15 is 0 Å². The van der Waals surface area contributed by atoms with Crippen molar-refractivity contribution in [2.24, 2.45) is 16.7 Å². The number of hydrogen-bond donors (Lipinski definition) is 1. The van der Waals surface area contributed by atoms with Crippen molar-refractivity contribution >= 4 is 0 Å². The lowest BCUT2D eigenvalue weighted by atomic mass is 9.69. The van der Waals surface area contributed by atoms with Crippen LogP contribution >= 0.6 is 0 Å². The second-order valence-electron chi connectivity index (χ2n) is 6.87. The third-order valence-corrected chi connectivity index (χ3v) is 6.05.